The van der Waals surface area contributed by atoms with Crippen LogP contribution < -0.4 is 5.73 Å². The van der Waals surface area contributed by atoms with Gasteiger partial charge in [-0.15, -0.1) is 0 Å². The second-order valence-electron chi connectivity index (χ2n) is 4.64. The van der Waals surface area contributed by atoms with Crippen molar-refractivity contribution in [3.8, 4) is 0 Å². The van der Waals surface area contributed by atoms with E-state index in [1.54, 1.807) is 0 Å². The van der Waals surface area contributed by atoms with Crippen molar-refractivity contribution >= 4 is 5.91 Å². The number of amides is 1. The van der Waals surface area contributed by atoms with Gasteiger partial charge in [-0.25, -0.2) is 13.2 Å². The summed E-state index contributed by atoms with van der Waals surface area (Å²) in [6.07, 6.45) is 2.57. The molecule has 0 bridgehead atoms. The van der Waals surface area contributed by atoms with E-state index in [0.717, 1.165) is 31.4 Å². The van der Waals surface area contributed by atoms with Crippen molar-refractivity contribution in [3.05, 3.63) is 35.1 Å². The van der Waals surface area contributed by atoms with Crippen molar-refractivity contribution in [2.75, 3.05) is 13.1 Å². The van der Waals surface area contributed by atoms with Gasteiger partial charge in [0.25, 0.3) is 5.91 Å². The fraction of sp³-hybridized carbons (Fsp3) is 0.462. The number of piperidine rings is 1. The Balaban J connectivity index is 2.28. The van der Waals surface area contributed by atoms with E-state index in [1.807, 2.05) is 0 Å². The monoisotopic (exact) mass is 272 g/mol. The maximum atomic E-state index is 13.1. The average molecular weight is 272 g/mol. The minimum absolute atomic E-state index is 0.127. The molecular weight excluding hydrogens is 257 g/mol. The lowest BCUT2D eigenvalue weighted by atomic mass is 10.0. The zero-order valence-corrected chi connectivity index (χ0v) is 10.3. The lowest BCUT2D eigenvalue weighted by molar-refractivity contribution is 0.0622. The third-order valence-corrected chi connectivity index (χ3v) is 3.39. The molecule has 1 amide bonds. The molecule has 0 aliphatic carbocycles. The van der Waals surface area contributed by atoms with Gasteiger partial charge >= 0.3 is 0 Å². The van der Waals surface area contributed by atoms with Crippen LogP contribution in [0.2, 0.25) is 0 Å². The highest BCUT2D eigenvalue weighted by molar-refractivity contribution is 5.94. The fourth-order valence-corrected chi connectivity index (χ4v) is 2.36. The summed E-state index contributed by atoms with van der Waals surface area (Å²) >= 11 is 0. The van der Waals surface area contributed by atoms with Crippen molar-refractivity contribution in [1.29, 1.82) is 0 Å². The number of benzene rings is 1. The SMILES string of the molecule is NC[C@H]1CCCCN1C(=O)c1cc(F)c(F)c(F)c1. The first-order chi connectivity index (χ1) is 9.04. The molecule has 0 unspecified atom stereocenters. The highest BCUT2D eigenvalue weighted by Crippen LogP contribution is 2.21. The standard InChI is InChI=1S/C13H15F3N2O/c14-10-5-8(6-11(15)12(10)16)13(19)18-4-2-1-3-9(18)7-17/h5-6,9H,1-4,7,17H2/t9-/m1/s1. The van der Waals surface area contributed by atoms with Crippen LogP contribution in [-0.4, -0.2) is 29.9 Å². The molecule has 1 atom stereocenters. The maximum absolute atomic E-state index is 13.1. The molecule has 2 N–H and O–H groups in total. The molecule has 19 heavy (non-hydrogen) atoms. The summed E-state index contributed by atoms with van der Waals surface area (Å²) in [5, 5.41) is 0. The molecule has 1 saturated heterocycles. The highest BCUT2D eigenvalue weighted by atomic mass is 19.2. The number of nitrogens with two attached hydrogens (primary N) is 1. The zero-order valence-electron chi connectivity index (χ0n) is 10.3. The summed E-state index contributed by atoms with van der Waals surface area (Å²) in [5.74, 6) is -4.78. The number of rotatable bonds is 2. The van der Waals surface area contributed by atoms with Gasteiger partial charge in [0.2, 0.25) is 0 Å². The summed E-state index contributed by atoms with van der Waals surface area (Å²) in [7, 11) is 0. The quantitative estimate of drug-likeness (QED) is 0.838. The van der Waals surface area contributed by atoms with Crippen LogP contribution in [0, 0.1) is 17.5 Å². The van der Waals surface area contributed by atoms with Crippen molar-refractivity contribution in [2.24, 2.45) is 5.73 Å². The van der Waals surface area contributed by atoms with Crippen LogP contribution in [0.15, 0.2) is 12.1 Å². The Bertz CT molecular complexity index is 470. The first-order valence-electron chi connectivity index (χ1n) is 6.20. The molecule has 2 rings (SSSR count). The van der Waals surface area contributed by atoms with Crippen LogP contribution in [0.5, 0.6) is 0 Å². The van der Waals surface area contributed by atoms with Gasteiger partial charge in [0.1, 0.15) is 0 Å². The zero-order chi connectivity index (χ0) is 14.0. The number of hydrogen-bond donors (Lipinski definition) is 1. The van der Waals surface area contributed by atoms with Gasteiger partial charge in [-0.1, -0.05) is 0 Å². The summed E-state index contributed by atoms with van der Waals surface area (Å²) in [5.41, 5.74) is 5.41. The Hall–Kier alpha value is -1.56. The molecule has 0 saturated carbocycles. The van der Waals surface area contributed by atoms with Crippen molar-refractivity contribution in [1.82, 2.24) is 4.90 Å². The number of hydrogen-bond acceptors (Lipinski definition) is 2. The Morgan fingerprint density at radius 1 is 1.26 bits per heavy atom. The molecule has 1 aromatic carbocycles. The predicted octanol–water partition coefficient (Wildman–Crippen LogP) is 2.06. The number of halogens is 3. The van der Waals surface area contributed by atoms with E-state index < -0.39 is 23.4 Å². The molecule has 1 aliphatic heterocycles. The lowest BCUT2D eigenvalue weighted by Crippen LogP contribution is -2.47. The number of carbonyl (C=O) groups excluding carboxylic acids is 1. The molecule has 1 aromatic rings. The first-order valence-corrected chi connectivity index (χ1v) is 6.20. The molecule has 6 heteroatoms. The van der Waals surface area contributed by atoms with Crippen molar-refractivity contribution in [3.63, 3.8) is 0 Å². The normalized spacial score (nSPS) is 19.6. The number of nitrogens with zero attached hydrogens (tertiary/aromatic N) is 1. The van der Waals surface area contributed by atoms with Gasteiger partial charge in [0, 0.05) is 24.7 Å². The fourth-order valence-electron chi connectivity index (χ4n) is 2.36. The Morgan fingerprint density at radius 3 is 2.47 bits per heavy atom. The second-order valence-corrected chi connectivity index (χ2v) is 4.64. The molecule has 1 aliphatic rings. The van der Waals surface area contributed by atoms with Crippen LogP contribution in [0.3, 0.4) is 0 Å². The van der Waals surface area contributed by atoms with Crippen LogP contribution in [0.1, 0.15) is 29.6 Å². The predicted molar refractivity (Wildman–Crippen MR) is 64.0 cm³/mol. The Kier molecular flexibility index (Phi) is 4.09. The van der Waals surface area contributed by atoms with Gasteiger partial charge in [-0.3, -0.25) is 4.79 Å². The average Bonchev–Trinajstić information content (AvgIpc) is 2.43. The largest absolute Gasteiger partial charge is 0.334 e. The summed E-state index contributed by atoms with van der Waals surface area (Å²) < 4.78 is 39.1. The molecule has 0 aromatic heterocycles. The number of carbonyl (C=O) groups is 1. The molecule has 104 valence electrons. The first kappa shape index (κ1) is 13.9. The molecule has 0 radical (unpaired) electrons. The Labute approximate surface area is 109 Å². The minimum Gasteiger partial charge on any atom is -0.334 e. The molecule has 3 nitrogen and oxygen atoms in total. The minimum atomic E-state index is -1.56. The van der Waals surface area contributed by atoms with E-state index in [4.69, 9.17) is 5.73 Å². The smallest absolute Gasteiger partial charge is 0.254 e. The van der Waals surface area contributed by atoms with E-state index in [0.29, 0.717) is 13.1 Å². The van der Waals surface area contributed by atoms with Gasteiger partial charge in [-0.05, 0) is 31.4 Å². The van der Waals surface area contributed by atoms with Crippen LogP contribution in [0.25, 0.3) is 0 Å². The van der Waals surface area contributed by atoms with Gasteiger partial charge < -0.3 is 10.6 Å². The highest BCUT2D eigenvalue weighted by Gasteiger charge is 2.27. The number of likely N-dealkylation sites (tertiary alicyclic amines) is 1. The van der Waals surface area contributed by atoms with E-state index in [2.05, 4.69) is 0 Å². The maximum Gasteiger partial charge on any atom is 0.254 e. The van der Waals surface area contributed by atoms with E-state index in [-0.39, 0.29) is 11.6 Å². The van der Waals surface area contributed by atoms with Gasteiger partial charge in [-0.2, -0.15) is 0 Å². The lowest BCUT2D eigenvalue weighted by Gasteiger charge is -2.35. The van der Waals surface area contributed by atoms with E-state index in [9.17, 15) is 18.0 Å². The van der Waals surface area contributed by atoms with Gasteiger partial charge in [0.15, 0.2) is 17.5 Å². The second kappa shape index (κ2) is 5.61. The van der Waals surface area contributed by atoms with Crippen LogP contribution in [0.4, 0.5) is 13.2 Å². The topological polar surface area (TPSA) is 46.3 Å². The molecule has 1 heterocycles. The third kappa shape index (κ3) is 2.73. The Morgan fingerprint density at radius 2 is 1.89 bits per heavy atom. The summed E-state index contributed by atoms with van der Waals surface area (Å²) in [6.45, 7) is 0.805. The summed E-state index contributed by atoms with van der Waals surface area (Å²) in [6, 6.07) is 1.32. The van der Waals surface area contributed by atoms with E-state index in [1.165, 1.54) is 4.90 Å². The van der Waals surface area contributed by atoms with Crippen LogP contribution in [-0.2, 0) is 0 Å². The molecule has 1 fully saturated rings. The third-order valence-electron chi connectivity index (χ3n) is 3.39. The summed E-state index contributed by atoms with van der Waals surface area (Å²) in [4.78, 5) is 13.7. The molecule has 0 spiro atoms. The molecular formula is C13H15F3N2O. The van der Waals surface area contributed by atoms with Crippen molar-refractivity contribution in [2.45, 2.75) is 25.3 Å². The van der Waals surface area contributed by atoms with Gasteiger partial charge in [0.05, 0.1) is 0 Å². The van der Waals surface area contributed by atoms with Crippen molar-refractivity contribution < 1.29 is 18.0 Å². The van der Waals surface area contributed by atoms with E-state index >= 15 is 0 Å². The van der Waals surface area contributed by atoms with Crippen LogP contribution >= 0.6 is 0 Å².